The molecule has 0 aliphatic carbocycles. The van der Waals surface area contributed by atoms with Crippen LogP contribution in [0, 0.1) is 5.82 Å². The summed E-state index contributed by atoms with van der Waals surface area (Å²) in [6.07, 6.45) is 0.726. The predicted octanol–water partition coefficient (Wildman–Crippen LogP) is 4.29. The Balaban J connectivity index is 1.91. The van der Waals surface area contributed by atoms with Crippen LogP contribution in [0.2, 0.25) is 0 Å². The van der Waals surface area contributed by atoms with Crippen molar-refractivity contribution in [3.8, 4) is 11.4 Å². The average molecular weight is 337 g/mol. The normalized spacial score (nSPS) is 10.5. The van der Waals surface area contributed by atoms with E-state index in [1.54, 1.807) is 24.3 Å². The number of aromatic carboxylic acids is 1. The van der Waals surface area contributed by atoms with E-state index in [1.165, 1.54) is 24.3 Å². The minimum atomic E-state index is -0.972. The standard InChI is InChI=1S/C19H16FN3O2/c1-2-15-11-17(21-16-9-5-13(6-10-16)19(24)25)23-18(22-15)12-3-7-14(20)8-4-12/h3-11H,2H2,1H3,(H,24,25)(H,21,22,23). The first-order valence-corrected chi connectivity index (χ1v) is 7.79. The summed E-state index contributed by atoms with van der Waals surface area (Å²) in [5.74, 6) is -0.189. The number of hydrogen-bond acceptors (Lipinski definition) is 4. The maximum Gasteiger partial charge on any atom is 0.335 e. The van der Waals surface area contributed by atoms with Gasteiger partial charge in [-0.1, -0.05) is 6.92 Å². The van der Waals surface area contributed by atoms with Crippen LogP contribution < -0.4 is 5.32 Å². The van der Waals surface area contributed by atoms with Gasteiger partial charge in [0, 0.05) is 23.0 Å². The van der Waals surface area contributed by atoms with Gasteiger partial charge in [-0.2, -0.15) is 0 Å². The van der Waals surface area contributed by atoms with Crippen molar-refractivity contribution in [3.63, 3.8) is 0 Å². The fourth-order valence-electron chi connectivity index (χ4n) is 2.31. The minimum absolute atomic E-state index is 0.217. The zero-order valence-corrected chi connectivity index (χ0v) is 13.5. The number of carboxylic acid groups (broad SMARTS) is 1. The van der Waals surface area contributed by atoms with Crippen molar-refractivity contribution in [2.45, 2.75) is 13.3 Å². The first-order valence-electron chi connectivity index (χ1n) is 7.79. The van der Waals surface area contributed by atoms with Crippen LogP contribution in [0.4, 0.5) is 15.9 Å². The van der Waals surface area contributed by atoms with Crippen molar-refractivity contribution >= 4 is 17.5 Å². The molecule has 2 aromatic carbocycles. The van der Waals surface area contributed by atoms with Gasteiger partial charge in [-0.25, -0.2) is 19.2 Å². The van der Waals surface area contributed by atoms with E-state index in [-0.39, 0.29) is 11.4 Å². The molecule has 6 heteroatoms. The second-order valence-corrected chi connectivity index (χ2v) is 5.44. The highest BCUT2D eigenvalue weighted by Gasteiger charge is 2.08. The fraction of sp³-hybridized carbons (Fsp3) is 0.105. The Morgan fingerprint density at radius 3 is 2.36 bits per heavy atom. The summed E-state index contributed by atoms with van der Waals surface area (Å²) in [6, 6.07) is 14.2. The van der Waals surface area contributed by atoms with E-state index in [0.29, 0.717) is 11.6 Å². The van der Waals surface area contributed by atoms with Crippen molar-refractivity contribution in [1.82, 2.24) is 9.97 Å². The van der Waals surface area contributed by atoms with Gasteiger partial charge >= 0.3 is 5.97 Å². The van der Waals surface area contributed by atoms with Gasteiger partial charge in [-0.15, -0.1) is 0 Å². The Bertz CT molecular complexity index is 894. The van der Waals surface area contributed by atoms with Crippen LogP contribution >= 0.6 is 0 Å². The Morgan fingerprint density at radius 1 is 1.08 bits per heavy atom. The smallest absolute Gasteiger partial charge is 0.335 e. The second-order valence-electron chi connectivity index (χ2n) is 5.44. The monoisotopic (exact) mass is 337 g/mol. The highest BCUT2D eigenvalue weighted by Crippen LogP contribution is 2.21. The van der Waals surface area contributed by atoms with Crippen LogP contribution in [-0.2, 0) is 6.42 Å². The maximum absolute atomic E-state index is 13.1. The molecule has 25 heavy (non-hydrogen) atoms. The Hall–Kier alpha value is -3.28. The lowest BCUT2D eigenvalue weighted by molar-refractivity contribution is 0.0697. The summed E-state index contributed by atoms with van der Waals surface area (Å²) in [5.41, 5.74) is 2.50. The zero-order chi connectivity index (χ0) is 17.8. The van der Waals surface area contributed by atoms with Crippen LogP contribution in [-0.4, -0.2) is 21.0 Å². The van der Waals surface area contributed by atoms with Crippen molar-refractivity contribution in [1.29, 1.82) is 0 Å². The topological polar surface area (TPSA) is 75.1 Å². The Kier molecular flexibility index (Phi) is 4.70. The predicted molar refractivity (Wildman–Crippen MR) is 93.5 cm³/mol. The summed E-state index contributed by atoms with van der Waals surface area (Å²) < 4.78 is 13.1. The molecule has 126 valence electrons. The van der Waals surface area contributed by atoms with Gasteiger partial charge in [0.15, 0.2) is 5.82 Å². The molecule has 2 N–H and O–H groups in total. The van der Waals surface area contributed by atoms with E-state index in [1.807, 2.05) is 13.0 Å². The molecular formula is C19H16FN3O2. The number of benzene rings is 2. The second kappa shape index (κ2) is 7.09. The van der Waals surface area contributed by atoms with E-state index in [0.717, 1.165) is 23.4 Å². The highest BCUT2D eigenvalue weighted by molar-refractivity contribution is 5.88. The molecule has 0 unspecified atom stereocenters. The molecule has 1 aromatic heterocycles. The summed E-state index contributed by atoms with van der Waals surface area (Å²) in [6.45, 7) is 1.99. The number of nitrogens with zero attached hydrogens (tertiary/aromatic N) is 2. The Labute approximate surface area is 144 Å². The van der Waals surface area contributed by atoms with Crippen molar-refractivity contribution in [2.24, 2.45) is 0 Å². The molecule has 5 nitrogen and oxygen atoms in total. The van der Waals surface area contributed by atoms with Crippen LogP contribution in [0.15, 0.2) is 54.6 Å². The third-order valence-corrected chi connectivity index (χ3v) is 3.65. The first kappa shape index (κ1) is 16.6. The molecule has 1 heterocycles. The molecular weight excluding hydrogens is 321 g/mol. The molecule has 0 aliphatic heterocycles. The highest BCUT2D eigenvalue weighted by atomic mass is 19.1. The third-order valence-electron chi connectivity index (χ3n) is 3.65. The van der Waals surface area contributed by atoms with Gasteiger partial charge in [0.2, 0.25) is 0 Å². The van der Waals surface area contributed by atoms with Gasteiger partial charge in [0.05, 0.1) is 5.56 Å². The van der Waals surface area contributed by atoms with Crippen molar-refractivity contribution in [3.05, 3.63) is 71.7 Å². The lowest BCUT2D eigenvalue weighted by atomic mass is 10.2. The first-order chi connectivity index (χ1) is 12.0. The zero-order valence-electron chi connectivity index (χ0n) is 13.5. The van der Waals surface area contributed by atoms with Gasteiger partial charge in [-0.05, 0) is 55.0 Å². The SMILES string of the molecule is CCc1cc(Nc2ccc(C(=O)O)cc2)nc(-c2ccc(F)cc2)n1. The van der Waals surface area contributed by atoms with Crippen molar-refractivity contribution in [2.75, 3.05) is 5.32 Å². The molecule has 0 spiro atoms. The lowest BCUT2D eigenvalue weighted by Gasteiger charge is -2.10. The molecule has 0 amide bonds. The molecule has 0 saturated carbocycles. The summed E-state index contributed by atoms with van der Waals surface area (Å²) in [5, 5.41) is 12.1. The minimum Gasteiger partial charge on any atom is -0.478 e. The summed E-state index contributed by atoms with van der Waals surface area (Å²) in [4.78, 5) is 19.9. The van der Waals surface area contributed by atoms with Gasteiger partial charge in [-0.3, -0.25) is 0 Å². The number of halogens is 1. The number of anilines is 2. The number of aryl methyl sites for hydroxylation is 1. The van der Waals surface area contributed by atoms with Crippen LogP contribution in [0.1, 0.15) is 23.0 Å². The molecule has 0 radical (unpaired) electrons. The Morgan fingerprint density at radius 2 is 1.76 bits per heavy atom. The van der Waals surface area contributed by atoms with E-state index >= 15 is 0 Å². The van der Waals surface area contributed by atoms with Gasteiger partial charge < -0.3 is 10.4 Å². The molecule has 3 rings (SSSR count). The largest absolute Gasteiger partial charge is 0.478 e. The number of nitrogens with one attached hydrogen (secondary N) is 1. The van der Waals surface area contributed by atoms with E-state index < -0.39 is 5.97 Å². The maximum atomic E-state index is 13.1. The summed E-state index contributed by atoms with van der Waals surface area (Å²) >= 11 is 0. The number of carbonyl (C=O) groups is 1. The molecule has 0 saturated heterocycles. The molecule has 0 aliphatic rings. The molecule has 0 atom stereocenters. The molecule has 0 bridgehead atoms. The van der Waals surface area contributed by atoms with Gasteiger partial charge in [0.25, 0.3) is 0 Å². The quantitative estimate of drug-likeness (QED) is 0.726. The van der Waals surface area contributed by atoms with Gasteiger partial charge in [0.1, 0.15) is 11.6 Å². The number of hydrogen-bond donors (Lipinski definition) is 2. The lowest BCUT2D eigenvalue weighted by Crippen LogP contribution is -2.01. The van der Waals surface area contributed by atoms with Crippen molar-refractivity contribution < 1.29 is 14.3 Å². The average Bonchev–Trinajstić information content (AvgIpc) is 2.62. The fourth-order valence-corrected chi connectivity index (χ4v) is 2.31. The van der Waals surface area contributed by atoms with Crippen LogP contribution in [0.5, 0.6) is 0 Å². The van der Waals surface area contributed by atoms with E-state index in [2.05, 4.69) is 15.3 Å². The van der Waals surface area contributed by atoms with E-state index in [4.69, 9.17) is 5.11 Å². The number of rotatable bonds is 5. The molecule has 0 fully saturated rings. The van der Waals surface area contributed by atoms with Crippen LogP contribution in [0.25, 0.3) is 11.4 Å². The van der Waals surface area contributed by atoms with Crippen LogP contribution in [0.3, 0.4) is 0 Å². The number of carboxylic acids is 1. The molecule has 3 aromatic rings. The van der Waals surface area contributed by atoms with E-state index in [9.17, 15) is 9.18 Å². The number of aromatic nitrogens is 2. The summed E-state index contributed by atoms with van der Waals surface area (Å²) in [7, 11) is 0. The third kappa shape index (κ3) is 3.98.